The summed E-state index contributed by atoms with van der Waals surface area (Å²) in [5.74, 6) is 0.0230. The van der Waals surface area contributed by atoms with Crippen LogP contribution in [0.3, 0.4) is 0 Å². The maximum absolute atomic E-state index is 13.9. The Balaban J connectivity index is 2.17. The molecular weight excluding hydrogens is 315 g/mol. The number of hydrogen-bond acceptors (Lipinski definition) is 5. The first-order valence-electron chi connectivity index (χ1n) is 7.11. The van der Waals surface area contributed by atoms with Crippen molar-refractivity contribution in [3.05, 3.63) is 47.8 Å². The first-order chi connectivity index (χ1) is 11.6. The van der Waals surface area contributed by atoms with Crippen molar-refractivity contribution >= 4 is 16.9 Å². The molecule has 1 heterocycles. The smallest absolute Gasteiger partial charge is 0.341 e. The lowest BCUT2D eigenvalue weighted by Crippen LogP contribution is -2.02. The molecule has 124 valence electrons. The van der Waals surface area contributed by atoms with Crippen LogP contribution in [0, 0.1) is 5.82 Å². The van der Waals surface area contributed by atoms with Gasteiger partial charge in [0, 0.05) is 10.9 Å². The molecule has 0 aliphatic carbocycles. The van der Waals surface area contributed by atoms with E-state index in [1.165, 1.54) is 39.5 Å². The molecule has 0 amide bonds. The lowest BCUT2D eigenvalue weighted by molar-refractivity contribution is 0.0601. The molecule has 0 saturated heterocycles. The third-order valence-corrected chi connectivity index (χ3v) is 3.67. The van der Waals surface area contributed by atoms with Crippen LogP contribution in [0.2, 0.25) is 0 Å². The number of benzene rings is 2. The fourth-order valence-corrected chi connectivity index (χ4v) is 2.47. The van der Waals surface area contributed by atoms with E-state index in [9.17, 15) is 9.18 Å². The summed E-state index contributed by atoms with van der Waals surface area (Å²) in [6.45, 7) is 0. The maximum Gasteiger partial charge on any atom is 0.341 e. The van der Waals surface area contributed by atoms with Crippen LogP contribution in [0.1, 0.15) is 10.4 Å². The number of ether oxygens (including phenoxy) is 3. The summed E-state index contributed by atoms with van der Waals surface area (Å²) < 4.78 is 34.6. The lowest BCUT2D eigenvalue weighted by atomic mass is 10.1. The molecule has 0 bridgehead atoms. The minimum absolute atomic E-state index is 0.145. The second-order valence-corrected chi connectivity index (χ2v) is 5.04. The third-order valence-electron chi connectivity index (χ3n) is 3.67. The minimum Gasteiger partial charge on any atom is -0.497 e. The van der Waals surface area contributed by atoms with Gasteiger partial charge in [-0.05, 0) is 36.4 Å². The first-order valence-corrected chi connectivity index (χ1v) is 7.11. The quantitative estimate of drug-likeness (QED) is 0.676. The van der Waals surface area contributed by atoms with Gasteiger partial charge in [0.15, 0.2) is 11.6 Å². The summed E-state index contributed by atoms with van der Waals surface area (Å²) in [4.78, 5) is 12.0. The summed E-state index contributed by atoms with van der Waals surface area (Å²) in [6.07, 6.45) is 0. The molecule has 3 rings (SSSR count). The fraction of sp³-hybridized carbons (Fsp3) is 0.167. The van der Waals surface area contributed by atoms with Gasteiger partial charge in [-0.25, -0.2) is 9.18 Å². The van der Waals surface area contributed by atoms with Gasteiger partial charge < -0.3 is 18.6 Å². The normalized spacial score (nSPS) is 10.7. The van der Waals surface area contributed by atoms with Crippen molar-refractivity contribution < 1.29 is 27.8 Å². The van der Waals surface area contributed by atoms with Gasteiger partial charge >= 0.3 is 5.97 Å². The Bertz CT molecular complexity index is 913. The molecule has 1 aromatic heterocycles. The standard InChI is InChI=1S/C18H15FO5/c1-21-12-6-11-8-16(10-4-5-15(22-2)14(19)7-10)24-17(11)13(9-12)18(20)23-3/h4-9H,1-3H3. The number of furan rings is 1. The van der Waals surface area contributed by atoms with Gasteiger partial charge in [0.1, 0.15) is 22.7 Å². The number of carbonyl (C=O) groups excluding carboxylic acids is 1. The molecule has 0 saturated carbocycles. The number of carbonyl (C=O) groups is 1. The van der Waals surface area contributed by atoms with E-state index in [-0.39, 0.29) is 11.3 Å². The molecule has 0 aliphatic heterocycles. The number of esters is 1. The molecule has 0 radical (unpaired) electrons. The highest BCUT2D eigenvalue weighted by molar-refractivity contribution is 6.03. The number of rotatable bonds is 4. The zero-order chi connectivity index (χ0) is 17.3. The van der Waals surface area contributed by atoms with E-state index in [1.54, 1.807) is 18.2 Å². The van der Waals surface area contributed by atoms with Crippen LogP contribution in [0.4, 0.5) is 4.39 Å². The number of halogens is 1. The average molecular weight is 330 g/mol. The predicted molar refractivity (Wildman–Crippen MR) is 86.1 cm³/mol. The summed E-state index contributed by atoms with van der Waals surface area (Å²) in [6, 6.07) is 9.48. The Morgan fingerprint density at radius 1 is 1.04 bits per heavy atom. The van der Waals surface area contributed by atoms with Crippen molar-refractivity contribution in [1.29, 1.82) is 0 Å². The van der Waals surface area contributed by atoms with Crippen LogP contribution in [0.25, 0.3) is 22.3 Å². The monoisotopic (exact) mass is 330 g/mol. The van der Waals surface area contributed by atoms with E-state index in [2.05, 4.69) is 0 Å². The second kappa shape index (κ2) is 6.23. The van der Waals surface area contributed by atoms with E-state index in [4.69, 9.17) is 18.6 Å². The third kappa shape index (κ3) is 2.67. The molecule has 0 spiro atoms. The van der Waals surface area contributed by atoms with Crippen molar-refractivity contribution in [2.24, 2.45) is 0 Å². The Morgan fingerprint density at radius 3 is 2.46 bits per heavy atom. The highest BCUT2D eigenvalue weighted by atomic mass is 19.1. The van der Waals surface area contributed by atoms with Crippen LogP contribution in [-0.4, -0.2) is 27.3 Å². The van der Waals surface area contributed by atoms with Gasteiger partial charge in [0.05, 0.1) is 21.3 Å². The van der Waals surface area contributed by atoms with Crippen LogP contribution in [0.15, 0.2) is 40.8 Å². The van der Waals surface area contributed by atoms with Crippen molar-refractivity contribution in [1.82, 2.24) is 0 Å². The lowest BCUT2D eigenvalue weighted by Gasteiger charge is -2.04. The van der Waals surface area contributed by atoms with E-state index < -0.39 is 11.8 Å². The van der Waals surface area contributed by atoms with Crippen LogP contribution in [0.5, 0.6) is 11.5 Å². The summed E-state index contributed by atoms with van der Waals surface area (Å²) in [5.41, 5.74) is 1.13. The molecule has 0 N–H and O–H groups in total. The zero-order valence-corrected chi connectivity index (χ0v) is 13.4. The molecule has 3 aromatic rings. The summed E-state index contributed by atoms with van der Waals surface area (Å²) in [5, 5.41) is 0.654. The van der Waals surface area contributed by atoms with E-state index in [1.807, 2.05) is 0 Å². The van der Waals surface area contributed by atoms with Crippen LogP contribution < -0.4 is 9.47 Å². The van der Waals surface area contributed by atoms with E-state index in [0.29, 0.717) is 28.0 Å². The predicted octanol–water partition coefficient (Wildman–Crippen LogP) is 4.04. The van der Waals surface area contributed by atoms with E-state index >= 15 is 0 Å². The van der Waals surface area contributed by atoms with Crippen LogP contribution in [-0.2, 0) is 4.74 Å². The van der Waals surface area contributed by atoms with Gasteiger partial charge in [0.25, 0.3) is 0 Å². The molecule has 24 heavy (non-hydrogen) atoms. The van der Waals surface area contributed by atoms with Crippen molar-refractivity contribution in [2.75, 3.05) is 21.3 Å². The summed E-state index contributed by atoms with van der Waals surface area (Å²) >= 11 is 0. The zero-order valence-electron chi connectivity index (χ0n) is 13.4. The largest absolute Gasteiger partial charge is 0.497 e. The number of hydrogen-bond donors (Lipinski definition) is 0. The van der Waals surface area contributed by atoms with Gasteiger partial charge in [-0.2, -0.15) is 0 Å². The SMILES string of the molecule is COC(=O)c1cc(OC)cc2cc(-c3ccc(OC)c(F)c3)oc12. The van der Waals surface area contributed by atoms with Gasteiger partial charge in [-0.1, -0.05) is 0 Å². The molecule has 0 aliphatic rings. The Labute approximate surface area is 137 Å². The first kappa shape index (κ1) is 15.9. The second-order valence-electron chi connectivity index (χ2n) is 5.04. The van der Waals surface area contributed by atoms with Crippen molar-refractivity contribution in [2.45, 2.75) is 0 Å². The van der Waals surface area contributed by atoms with Gasteiger partial charge in [0.2, 0.25) is 0 Å². The Kier molecular flexibility index (Phi) is 4.12. The number of fused-ring (bicyclic) bond motifs is 1. The van der Waals surface area contributed by atoms with Crippen molar-refractivity contribution in [3.8, 4) is 22.8 Å². The molecule has 0 atom stereocenters. The number of methoxy groups -OCH3 is 3. The topological polar surface area (TPSA) is 57.9 Å². The fourth-order valence-electron chi connectivity index (χ4n) is 2.47. The Morgan fingerprint density at radius 2 is 1.83 bits per heavy atom. The molecule has 0 unspecified atom stereocenters. The van der Waals surface area contributed by atoms with Crippen LogP contribution >= 0.6 is 0 Å². The van der Waals surface area contributed by atoms with Gasteiger partial charge in [-0.3, -0.25) is 0 Å². The average Bonchev–Trinajstić information content (AvgIpc) is 3.04. The van der Waals surface area contributed by atoms with E-state index in [0.717, 1.165) is 0 Å². The highest BCUT2D eigenvalue weighted by Crippen LogP contribution is 2.34. The molecule has 2 aromatic carbocycles. The highest BCUT2D eigenvalue weighted by Gasteiger charge is 2.18. The molecular formula is C18H15FO5. The molecule has 0 fully saturated rings. The van der Waals surface area contributed by atoms with Crippen molar-refractivity contribution in [3.63, 3.8) is 0 Å². The molecule has 5 nitrogen and oxygen atoms in total. The Hall–Kier alpha value is -3.02. The molecule has 6 heteroatoms. The minimum atomic E-state index is -0.541. The maximum atomic E-state index is 13.9. The summed E-state index contributed by atoms with van der Waals surface area (Å²) in [7, 11) is 4.19. The van der Waals surface area contributed by atoms with Gasteiger partial charge in [-0.15, -0.1) is 0 Å².